The van der Waals surface area contributed by atoms with E-state index in [0.717, 1.165) is 35.3 Å². The molecule has 0 aliphatic heterocycles. The van der Waals surface area contributed by atoms with E-state index in [-0.39, 0.29) is 0 Å². The fourth-order valence-corrected chi connectivity index (χ4v) is 5.89. The zero-order chi connectivity index (χ0) is 20.8. The molecular formula is C20H41Br3O4Si. The molecule has 0 N–H and O–H groups in total. The lowest BCUT2D eigenvalue weighted by Crippen LogP contribution is -2.50. The minimum atomic E-state index is -3.03. The van der Waals surface area contributed by atoms with Crippen molar-refractivity contribution in [1.29, 1.82) is 0 Å². The summed E-state index contributed by atoms with van der Waals surface area (Å²) in [6.07, 6.45) is 13.9. The second-order valence-electron chi connectivity index (χ2n) is 6.79. The number of hydrogen-bond donors (Lipinski definition) is 0. The monoisotopic (exact) mass is 610 g/mol. The minimum absolute atomic E-state index is 0.559. The Morgan fingerprint density at radius 1 is 0.464 bits per heavy atom. The molecule has 0 aromatic carbocycles. The molecule has 28 heavy (non-hydrogen) atoms. The van der Waals surface area contributed by atoms with E-state index in [1.54, 1.807) is 0 Å². The van der Waals surface area contributed by atoms with Gasteiger partial charge in [0.2, 0.25) is 0 Å². The van der Waals surface area contributed by atoms with Gasteiger partial charge < -0.3 is 17.7 Å². The Hall–Kier alpha value is 1.50. The van der Waals surface area contributed by atoms with Crippen molar-refractivity contribution in [2.24, 2.45) is 0 Å². The minimum Gasteiger partial charge on any atom is -0.351 e. The Kier molecular flexibility index (Phi) is 24.4. The van der Waals surface area contributed by atoms with Gasteiger partial charge in [0.25, 0.3) is 0 Å². The second kappa shape index (κ2) is 23.2. The standard InChI is InChI=1S/C20H41Br3O4Si/c1-2-24-28(25-18-12-6-3-9-15-21,26-19-13-7-4-10-16-22)27-20-14-8-5-11-17-23/h2-20H2,1H3. The summed E-state index contributed by atoms with van der Waals surface area (Å²) in [7, 11) is -3.03. The molecule has 0 spiro atoms. The van der Waals surface area contributed by atoms with Crippen molar-refractivity contribution < 1.29 is 17.7 Å². The van der Waals surface area contributed by atoms with Crippen LogP contribution in [0.5, 0.6) is 0 Å². The van der Waals surface area contributed by atoms with Crippen LogP contribution in [0.1, 0.15) is 84.0 Å². The second-order valence-corrected chi connectivity index (χ2v) is 11.3. The van der Waals surface area contributed by atoms with Gasteiger partial charge >= 0.3 is 9.05 Å². The highest BCUT2D eigenvalue weighted by atomic mass is 79.9. The first kappa shape index (κ1) is 29.5. The van der Waals surface area contributed by atoms with Crippen LogP contribution in [0.4, 0.5) is 0 Å². The summed E-state index contributed by atoms with van der Waals surface area (Å²) in [5.74, 6) is 0. The van der Waals surface area contributed by atoms with Gasteiger partial charge in [0.1, 0.15) is 0 Å². The lowest BCUT2D eigenvalue weighted by Gasteiger charge is -2.28. The molecule has 0 aromatic rings. The third kappa shape index (κ3) is 18.3. The molecule has 0 aliphatic rings. The Morgan fingerprint density at radius 3 is 1.07 bits per heavy atom. The highest BCUT2D eigenvalue weighted by Gasteiger charge is 2.45. The summed E-state index contributed by atoms with van der Waals surface area (Å²) in [6.45, 7) is 4.51. The first-order valence-electron chi connectivity index (χ1n) is 11.0. The Balaban J connectivity index is 4.39. The van der Waals surface area contributed by atoms with Crippen molar-refractivity contribution in [2.45, 2.75) is 84.0 Å². The van der Waals surface area contributed by atoms with Crippen LogP contribution < -0.4 is 0 Å². The Labute approximate surface area is 200 Å². The molecule has 8 heteroatoms. The maximum atomic E-state index is 6.15. The van der Waals surface area contributed by atoms with Gasteiger partial charge in [-0.2, -0.15) is 0 Å². The van der Waals surface area contributed by atoms with Crippen molar-refractivity contribution >= 4 is 56.8 Å². The molecular weight excluding hydrogens is 572 g/mol. The predicted octanol–water partition coefficient (Wildman–Crippen LogP) is 7.37. The van der Waals surface area contributed by atoms with Crippen LogP contribution in [0, 0.1) is 0 Å². The van der Waals surface area contributed by atoms with Gasteiger partial charge in [-0.25, -0.2) is 0 Å². The highest BCUT2D eigenvalue weighted by molar-refractivity contribution is 9.09. The zero-order valence-corrected chi connectivity index (χ0v) is 23.5. The van der Waals surface area contributed by atoms with E-state index in [1.165, 1.54) is 57.8 Å². The average molecular weight is 613 g/mol. The van der Waals surface area contributed by atoms with Gasteiger partial charge in [-0.1, -0.05) is 86.3 Å². The number of alkyl halides is 3. The van der Waals surface area contributed by atoms with E-state index in [2.05, 4.69) is 47.8 Å². The number of rotatable bonds is 23. The van der Waals surface area contributed by atoms with Crippen molar-refractivity contribution in [1.82, 2.24) is 0 Å². The number of hydrogen-bond acceptors (Lipinski definition) is 4. The first-order chi connectivity index (χ1) is 13.7. The predicted molar refractivity (Wildman–Crippen MR) is 132 cm³/mol. The van der Waals surface area contributed by atoms with E-state index < -0.39 is 9.05 Å². The van der Waals surface area contributed by atoms with E-state index in [1.807, 2.05) is 6.92 Å². The van der Waals surface area contributed by atoms with Gasteiger partial charge in [0.05, 0.1) is 0 Å². The molecule has 0 heterocycles. The average Bonchev–Trinajstić information content (AvgIpc) is 2.70. The third-order valence-electron chi connectivity index (χ3n) is 4.24. The van der Waals surface area contributed by atoms with E-state index in [0.29, 0.717) is 26.4 Å². The molecule has 0 saturated carbocycles. The van der Waals surface area contributed by atoms with Crippen LogP contribution in [0.3, 0.4) is 0 Å². The Bertz CT molecular complexity index is 274. The zero-order valence-electron chi connectivity index (χ0n) is 17.7. The molecule has 0 saturated heterocycles. The molecule has 170 valence electrons. The topological polar surface area (TPSA) is 36.9 Å². The van der Waals surface area contributed by atoms with Crippen LogP contribution in [0.25, 0.3) is 0 Å². The van der Waals surface area contributed by atoms with E-state index in [4.69, 9.17) is 17.7 Å². The fraction of sp³-hybridized carbons (Fsp3) is 1.00. The first-order valence-corrected chi connectivity index (χ1v) is 16.0. The van der Waals surface area contributed by atoms with Crippen molar-refractivity contribution in [2.75, 3.05) is 42.4 Å². The van der Waals surface area contributed by atoms with Crippen LogP contribution >= 0.6 is 47.8 Å². The summed E-state index contributed by atoms with van der Waals surface area (Å²) in [5, 5.41) is 3.21. The van der Waals surface area contributed by atoms with Crippen LogP contribution in [0.2, 0.25) is 0 Å². The summed E-state index contributed by atoms with van der Waals surface area (Å²) < 4.78 is 24.4. The van der Waals surface area contributed by atoms with Gasteiger partial charge in [0, 0.05) is 42.4 Å². The van der Waals surface area contributed by atoms with E-state index in [9.17, 15) is 0 Å². The molecule has 0 amide bonds. The molecule has 0 bridgehead atoms. The molecule has 0 aliphatic carbocycles. The molecule has 4 nitrogen and oxygen atoms in total. The fourth-order valence-electron chi connectivity index (χ4n) is 2.67. The summed E-state index contributed by atoms with van der Waals surface area (Å²) >= 11 is 10.4. The number of unbranched alkanes of at least 4 members (excludes halogenated alkanes) is 9. The van der Waals surface area contributed by atoms with Crippen molar-refractivity contribution in [3.63, 3.8) is 0 Å². The van der Waals surface area contributed by atoms with Crippen molar-refractivity contribution in [3.8, 4) is 0 Å². The van der Waals surface area contributed by atoms with Gasteiger partial charge in [-0.15, -0.1) is 0 Å². The smallest absolute Gasteiger partial charge is 0.351 e. The largest absolute Gasteiger partial charge is 0.679 e. The number of halogens is 3. The molecule has 0 radical (unpaired) electrons. The lowest BCUT2D eigenvalue weighted by molar-refractivity contribution is -0.0344. The Morgan fingerprint density at radius 2 is 0.786 bits per heavy atom. The van der Waals surface area contributed by atoms with Gasteiger partial charge in [0.15, 0.2) is 0 Å². The molecule has 0 atom stereocenters. The normalized spacial score (nSPS) is 12.0. The van der Waals surface area contributed by atoms with E-state index >= 15 is 0 Å². The maximum absolute atomic E-state index is 6.15. The molecule has 0 aromatic heterocycles. The highest BCUT2D eigenvalue weighted by Crippen LogP contribution is 2.16. The summed E-state index contributed by atoms with van der Waals surface area (Å²) in [4.78, 5) is 0. The van der Waals surface area contributed by atoms with Crippen molar-refractivity contribution in [3.05, 3.63) is 0 Å². The molecule has 0 fully saturated rings. The van der Waals surface area contributed by atoms with Crippen LogP contribution in [-0.4, -0.2) is 51.5 Å². The van der Waals surface area contributed by atoms with Gasteiger partial charge in [-0.05, 0) is 45.4 Å². The third-order valence-corrected chi connectivity index (χ3v) is 8.24. The van der Waals surface area contributed by atoms with Crippen LogP contribution in [-0.2, 0) is 17.7 Å². The van der Waals surface area contributed by atoms with Crippen LogP contribution in [0.15, 0.2) is 0 Å². The molecule has 0 unspecified atom stereocenters. The lowest BCUT2D eigenvalue weighted by atomic mass is 10.2. The summed E-state index contributed by atoms with van der Waals surface area (Å²) in [6, 6.07) is 0. The molecule has 0 rings (SSSR count). The summed E-state index contributed by atoms with van der Waals surface area (Å²) in [5.41, 5.74) is 0. The maximum Gasteiger partial charge on any atom is 0.679 e. The quantitative estimate of drug-likeness (QED) is 0.0686. The SMILES string of the molecule is CCO[Si](OCCCCCCBr)(OCCCCCCBr)OCCCCCCBr. The van der Waals surface area contributed by atoms with Gasteiger partial charge in [-0.3, -0.25) is 0 Å².